The van der Waals surface area contributed by atoms with Crippen LogP contribution in [0, 0.1) is 24.6 Å². The Balaban J connectivity index is 0.000000364. The SMILES string of the molecule is Cc1ccc(Cl)cc1[N+]#N.Cc1ccc(Cl)cc1[N+]#N.[Zn+2]. The molecular weight excluding hydrogens is 360 g/mol. The maximum Gasteiger partial charge on any atom is 2.00 e. The fourth-order valence-electron chi connectivity index (χ4n) is 1.38. The van der Waals surface area contributed by atoms with E-state index in [0.717, 1.165) is 11.1 Å². The summed E-state index contributed by atoms with van der Waals surface area (Å²) in [5.74, 6) is 0. The molecule has 0 fully saturated rings. The van der Waals surface area contributed by atoms with Crippen LogP contribution in [-0.2, 0) is 19.5 Å². The number of diazo groups is 2. The van der Waals surface area contributed by atoms with Crippen LogP contribution in [0.25, 0.3) is 9.95 Å². The van der Waals surface area contributed by atoms with Crippen molar-refractivity contribution in [3.8, 4) is 0 Å². The Kier molecular flexibility index (Phi) is 8.74. The van der Waals surface area contributed by atoms with Crippen molar-refractivity contribution in [1.29, 1.82) is 10.8 Å². The summed E-state index contributed by atoms with van der Waals surface area (Å²) >= 11 is 11.2. The molecular formula is C14H12Cl2N4Zn+4. The number of hydrogen-bond donors (Lipinski definition) is 0. The molecule has 4 nitrogen and oxygen atoms in total. The van der Waals surface area contributed by atoms with E-state index in [1.54, 1.807) is 36.4 Å². The summed E-state index contributed by atoms with van der Waals surface area (Å²) < 4.78 is 0. The zero-order valence-corrected chi connectivity index (χ0v) is 16.2. The molecule has 100 valence electrons. The molecule has 0 unspecified atom stereocenters. The molecule has 0 aliphatic heterocycles. The van der Waals surface area contributed by atoms with Gasteiger partial charge in [-0.3, -0.25) is 0 Å². The van der Waals surface area contributed by atoms with Crippen LogP contribution in [0.4, 0.5) is 11.4 Å². The minimum absolute atomic E-state index is 0. The predicted octanol–water partition coefficient (Wildman–Crippen LogP) is 6.26. The van der Waals surface area contributed by atoms with E-state index >= 15 is 0 Å². The van der Waals surface area contributed by atoms with Crippen LogP contribution in [-0.4, -0.2) is 0 Å². The summed E-state index contributed by atoms with van der Waals surface area (Å²) in [6.07, 6.45) is 0. The van der Waals surface area contributed by atoms with Gasteiger partial charge in [0.05, 0.1) is 12.1 Å². The molecule has 0 atom stereocenters. The first-order valence-electron chi connectivity index (χ1n) is 5.70. The fourth-order valence-corrected chi connectivity index (χ4v) is 1.71. The average molecular weight is 373 g/mol. The number of rotatable bonds is 0. The van der Waals surface area contributed by atoms with Crippen LogP contribution < -0.4 is 0 Å². The molecule has 0 radical (unpaired) electrons. The molecule has 7 heteroatoms. The van der Waals surface area contributed by atoms with E-state index in [4.69, 9.17) is 34.0 Å². The summed E-state index contributed by atoms with van der Waals surface area (Å²) in [6, 6.07) is 10.3. The maximum absolute atomic E-state index is 8.41. The summed E-state index contributed by atoms with van der Waals surface area (Å²) in [4.78, 5) is 6.09. The zero-order valence-electron chi connectivity index (χ0n) is 11.7. The first kappa shape index (κ1) is 19.5. The first-order chi connectivity index (χ1) is 9.47. The molecule has 21 heavy (non-hydrogen) atoms. The number of nitrogens with zero attached hydrogens (tertiary/aromatic N) is 4. The summed E-state index contributed by atoms with van der Waals surface area (Å²) in [5, 5.41) is 18.0. The van der Waals surface area contributed by atoms with Crippen LogP contribution in [0.5, 0.6) is 0 Å². The molecule has 0 heterocycles. The van der Waals surface area contributed by atoms with Crippen LogP contribution in [0.2, 0.25) is 10.0 Å². The number of benzene rings is 2. The van der Waals surface area contributed by atoms with Crippen molar-refractivity contribution in [2.75, 3.05) is 0 Å². The summed E-state index contributed by atoms with van der Waals surface area (Å²) in [5.41, 5.74) is 2.86. The van der Waals surface area contributed by atoms with Gasteiger partial charge in [-0.25, -0.2) is 0 Å². The van der Waals surface area contributed by atoms with Crippen molar-refractivity contribution < 1.29 is 19.5 Å². The van der Waals surface area contributed by atoms with Gasteiger partial charge in [0, 0.05) is 21.2 Å². The molecule has 0 amide bonds. The smallest absolute Gasteiger partial charge is 0.0840 e. The van der Waals surface area contributed by atoms with E-state index < -0.39 is 0 Å². The zero-order chi connectivity index (χ0) is 15.1. The second kappa shape index (κ2) is 9.43. The minimum Gasteiger partial charge on any atom is -0.0840 e. The monoisotopic (exact) mass is 370 g/mol. The first-order valence-corrected chi connectivity index (χ1v) is 6.46. The molecule has 0 saturated carbocycles. The van der Waals surface area contributed by atoms with Gasteiger partial charge in [0.2, 0.25) is 10.8 Å². The van der Waals surface area contributed by atoms with E-state index in [0.29, 0.717) is 21.4 Å². The fraction of sp³-hybridized carbons (Fsp3) is 0.143. The molecule has 0 aliphatic carbocycles. The maximum atomic E-state index is 8.41. The average Bonchev–Trinajstić information content (AvgIpc) is 2.44. The normalized spacial score (nSPS) is 8.48. The van der Waals surface area contributed by atoms with Crippen LogP contribution in [0.3, 0.4) is 0 Å². The topological polar surface area (TPSA) is 56.3 Å². The standard InChI is InChI=1S/2C7H6ClN2.Zn/c2*1-5-2-3-6(8)4-7(5)10-9;/h2*2-4H,1H3;/q2*+1;+2. The molecule has 0 aromatic heterocycles. The quantitative estimate of drug-likeness (QED) is 0.404. The van der Waals surface area contributed by atoms with E-state index in [1.807, 2.05) is 13.8 Å². The van der Waals surface area contributed by atoms with Crippen molar-refractivity contribution in [1.82, 2.24) is 0 Å². The Morgan fingerprint density at radius 3 is 1.33 bits per heavy atom. The molecule has 0 saturated heterocycles. The molecule has 0 spiro atoms. The third-order valence-corrected chi connectivity index (χ3v) is 3.03. The van der Waals surface area contributed by atoms with Gasteiger partial charge in [0.1, 0.15) is 0 Å². The Morgan fingerprint density at radius 2 is 1.10 bits per heavy atom. The molecule has 0 N–H and O–H groups in total. The second-order valence-electron chi connectivity index (χ2n) is 4.06. The van der Waals surface area contributed by atoms with Crippen molar-refractivity contribution in [3.63, 3.8) is 0 Å². The van der Waals surface area contributed by atoms with Crippen LogP contribution >= 0.6 is 23.2 Å². The van der Waals surface area contributed by atoms with E-state index in [1.165, 1.54) is 0 Å². The van der Waals surface area contributed by atoms with Gasteiger partial charge in [0.25, 0.3) is 0 Å². The van der Waals surface area contributed by atoms with Gasteiger partial charge in [-0.15, -0.1) is 0 Å². The van der Waals surface area contributed by atoms with Gasteiger partial charge in [-0.05, 0) is 38.1 Å². The van der Waals surface area contributed by atoms with E-state index in [2.05, 4.69) is 9.95 Å². The number of aryl methyl sites for hydroxylation is 2. The molecule has 0 aliphatic rings. The van der Waals surface area contributed by atoms with Crippen molar-refractivity contribution in [2.24, 2.45) is 0 Å². The minimum atomic E-state index is 0. The Morgan fingerprint density at radius 1 is 0.762 bits per heavy atom. The van der Waals surface area contributed by atoms with E-state index in [9.17, 15) is 0 Å². The Bertz CT molecular complexity index is 644. The predicted molar refractivity (Wildman–Crippen MR) is 81.9 cm³/mol. The van der Waals surface area contributed by atoms with Gasteiger partial charge in [-0.1, -0.05) is 23.2 Å². The molecule has 0 bridgehead atoms. The third kappa shape index (κ3) is 6.19. The second-order valence-corrected chi connectivity index (χ2v) is 4.93. The molecule has 2 rings (SSSR count). The van der Waals surface area contributed by atoms with Crippen molar-refractivity contribution >= 4 is 34.6 Å². The summed E-state index contributed by atoms with van der Waals surface area (Å²) in [7, 11) is 0. The van der Waals surface area contributed by atoms with Crippen molar-refractivity contribution in [2.45, 2.75) is 13.8 Å². The van der Waals surface area contributed by atoms with E-state index in [-0.39, 0.29) is 19.5 Å². The van der Waals surface area contributed by atoms with Crippen LogP contribution in [0.15, 0.2) is 36.4 Å². The van der Waals surface area contributed by atoms with Gasteiger partial charge in [0.15, 0.2) is 9.95 Å². The van der Waals surface area contributed by atoms with Gasteiger partial charge >= 0.3 is 30.9 Å². The molecule has 2 aromatic carbocycles. The van der Waals surface area contributed by atoms with Gasteiger partial charge in [-0.2, -0.15) is 0 Å². The van der Waals surface area contributed by atoms with Crippen molar-refractivity contribution in [3.05, 3.63) is 67.5 Å². The van der Waals surface area contributed by atoms with Gasteiger partial charge < -0.3 is 0 Å². The molecule has 2 aromatic rings. The third-order valence-electron chi connectivity index (χ3n) is 2.56. The summed E-state index contributed by atoms with van der Waals surface area (Å²) in [6.45, 7) is 3.71. The number of halogens is 2. The number of hydrogen-bond acceptors (Lipinski definition) is 2. The largest absolute Gasteiger partial charge is 2.00 e. The van der Waals surface area contributed by atoms with Crippen LogP contribution in [0.1, 0.15) is 11.1 Å². The Hall–Kier alpha value is -1.52. The Labute approximate surface area is 146 Å².